The fourth-order valence-corrected chi connectivity index (χ4v) is 2.50. The molecule has 2 aromatic carbocycles. The summed E-state index contributed by atoms with van der Waals surface area (Å²) >= 11 is 0. The van der Waals surface area contributed by atoms with E-state index in [1.807, 2.05) is 0 Å². The first kappa shape index (κ1) is 20.1. The number of alkyl halides is 3. The van der Waals surface area contributed by atoms with E-state index in [-0.39, 0.29) is 17.2 Å². The Bertz CT molecular complexity index is 986. The molecule has 3 aromatic rings. The normalized spacial score (nSPS) is 11.0. The number of pyridine rings is 1. The molecule has 0 atom stereocenters. The highest BCUT2D eigenvalue weighted by molar-refractivity contribution is 6.05. The lowest BCUT2D eigenvalue weighted by Gasteiger charge is -2.09. The first-order valence-corrected chi connectivity index (χ1v) is 8.59. The number of carbonyl (C=O) groups is 2. The van der Waals surface area contributed by atoms with Gasteiger partial charge in [-0.2, -0.15) is 13.2 Å². The molecular formula is C21H16F3N3O2. The maximum absolute atomic E-state index is 12.6. The molecule has 29 heavy (non-hydrogen) atoms. The molecule has 2 amide bonds. The number of nitrogens with one attached hydrogen (secondary N) is 2. The monoisotopic (exact) mass is 399 g/mol. The van der Waals surface area contributed by atoms with Crippen LogP contribution in [-0.4, -0.2) is 16.8 Å². The zero-order chi connectivity index (χ0) is 20.9. The number of anilines is 1. The number of rotatable bonds is 5. The number of carbonyl (C=O) groups excluding carboxylic acids is 2. The quantitative estimate of drug-likeness (QED) is 0.673. The van der Waals surface area contributed by atoms with Crippen LogP contribution < -0.4 is 10.6 Å². The number of halogens is 3. The molecule has 0 spiro atoms. The standard InChI is InChI=1S/C21H16F3N3O2/c22-21(23,24)17-5-7-18(8-6-17)27-20(29)16-3-1-15(2-4-16)19(28)26-13-14-9-11-25-12-10-14/h1-12H,13H2,(H,26,28)(H,27,29). The summed E-state index contributed by atoms with van der Waals surface area (Å²) in [6.45, 7) is 0.345. The molecule has 0 aliphatic rings. The lowest BCUT2D eigenvalue weighted by atomic mass is 10.1. The van der Waals surface area contributed by atoms with Crippen LogP contribution in [0.25, 0.3) is 0 Å². The summed E-state index contributed by atoms with van der Waals surface area (Å²) in [7, 11) is 0. The van der Waals surface area contributed by atoms with E-state index < -0.39 is 17.6 Å². The van der Waals surface area contributed by atoms with Crippen molar-refractivity contribution in [1.29, 1.82) is 0 Å². The number of nitrogens with zero attached hydrogens (tertiary/aromatic N) is 1. The van der Waals surface area contributed by atoms with Crippen molar-refractivity contribution in [3.05, 3.63) is 95.3 Å². The smallest absolute Gasteiger partial charge is 0.348 e. The number of hydrogen-bond acceptors (Lipinski definition) is 3. The van der Waals surface area contributed by atoms with Gasteiger partial charge >= 0.3 is 6.18 Å². The summed E-state index contributed by atoms with van der Waals surface area (Å²) in [6, 6.07) is 13.7. The molecule has 3 rings (SSSR count). The Morgan fingerprint density at radius 3 is 1.90 bits per heavy atom. The van der Waals surface area contributed by atoms with Crippen LogP contribution in [0.15, 0.2) is 73.1 Å². The first-order chi connectivity index (χ1) is 13.8. The van der Waals surface area contributed by atoms with Gasteiger partial charge in [0.25, 0.3) is 11.8 Å². The Hall–Kier alpha value is -3.68. The molecule has 148 valence electrons. The maximum Gasteiger partial charge on any atom is 0.416 e. The third-order valence-electron chi connectivity index (χ3n) is 4.08. The third kappa shape index (κ3) is 5.41. The van der Waals surface area contributed by atoms with Crippen LogP contribution in [0.3, 0.4) is 0 Å². The van der Waals surface area contributed by atoms with Gasteiger partial charge in [-0.3, -0.25) is 14.6 Å². The van der Waals surface area contributed by atoms with Crippen LogP contribution in [0, 0.1) is 0 Å². The number of benzene rings is 2. The van der Waals surface area contributed by atoms with Gasteiger partial charge in [0.05, 0.1) is 5.56 Å². The average Bonchev–Trinajstić information content (AvgIpc) is 2.72. The Labute approximate surface area is 164 Å². The van der Waals surface area contributed by atoms with Crippen molar-refractivity contribution < 1.29 is 22.8 Å². The van der Waals surface area contributed by atoms with Crippen molar-refractivity contribution in [1.82, 2.24) is 10.3 Å². The molecule has 5 nitrogen and oxygen atoms in total. The van der Waals surface area contributed by atoms with Crippen LogP contribution in [0.5, 0.6) is 0 Å². The van der Waals surface area contributed by atoms with Gasteiger partial charge < -0.3 is 10.6 Å². The van der Waals surface area contributed by atoms with Crippen molar-refractivity contribution >= 4 is 17.5 Å². The van der Waals surface area contributed by atoms with E-state index in [9.17, 15) is 22.8 Å². The molecule has 0 radical (unpaired) electrons. The minimum Gasteiger partial charge on any atom is -0.348 e. The second-order valence-corrected chi connectivity index (χ2v) is 6.14. The van der Waals surface area contributed by atoms with Gasteiger partial charge in [0.1, 0.15) is 0 Å². The highest BCUT2D eigenvalue weighted by Gasteiger charge is 2.30. The van der Waals surface area contributed by atoms with Gasteiger partial charge in [0, 0.05) is 35.8 Å². The van der Waals surface area contributed by atoms with E-state index in [2.05, 4.69) is 15.6 Å². The Balaban J connectivity index is 1.59. The molecule has 0 saturated heterocycles. The lowest BCUT2D eigenvalue weighted by molar-refractivity contribution is -0.137. The van der Waals surface area contributed by atoms with E-state index in [0.717, 1.165) is 17.7 Å². The van der Waals surface area contributed by atoms with Crippen molar-refractivity contribution in [3.8, 4) is 0 Å². The second-order valence-electron chi connectivity index (χ2n) is 6.14. The average molecular weight is 399 g/mol. The summed E-state index contributed by atoms with van der Waals surface area (Å²) in [6.07, 6.45) is -1.17. The fraction of sp³-hybridized carbons (Fsp3) is 0.0952. The summed E-state index contributed by atoms with van der Waals surface area (Å²) in [5.74, 6) is -0.787. The van der Waals surface area contributed by atoms with Gasteiger partial charge in [0.2, 0.25) is 0 Å². The van der Waals surface area contributed by atoms with Gasteiger partial charge in [0.15, 0.2) is 0 Å². The van der Waals surface area contributed by atoms with Gasteiger partial charge in [-0.05, 0) is 66.2 Å². The van der Waals surface area contributed by atoms with Crippen molar-refractivity contribution in [2.45, 2.75) is 12.7 Å². The number of aromatic nitrogens is 1. The number of hydrogen-bond donors (Lipinski definition) is 2. The maximum atomic E-state index is 12.6. The minimum atomic E-state index is -4.43. The third-order valence-corrected chi connectivity index (χ3v) is 4.08. The SMILES string of the molecule is O=C(NCc1ccncc1)c1ccc(C(=O)Nc2ccc(C(F)(F)F)cc2)cc1. The van der Waals surface area contributed by atoms with E-state index >= 15 is 0 Å². The molecular weight excluding hydrogens is 383 g/mol. The fourth-order valence-electron chi connectivity index (χ4n) is 2.50. The largest absolute Gasteiger partial charge is 0.416 e. The van der Waals surface area contributed by atoms with Crippen LogP contribution in [0.4, 0.5) is 18.9 Å². The first-order valence-electron chi connectivity index (χ1n) is 8.59. The van der Waals surface area contributed by atoms with Gasteiger partial charge in [-0.25, -0.2) is 0 Å². The molecule has 8 heteroatoms. The molecule has 1 aromatic heterocycles. The van der Waals surface area contributed by atoms with Crippen LogP contribution in [0.2, 0.25) is 0 Å². The Morgan fingerprint density at radius 1 is 0.793 bits per heavy atom. The summed E-state index contributed by atoms with van der Waals surface area (Å²) in [5.41, 5.74) is 1.00. The molecule has 0 bridgehead atoms. The highest BCUT2D eigenvalue weighted by atomic mass is 19.4. The van der Waals surface area contributed by atoms with Gasteiger partial charge in [-0.1, -0.05) is 0 Å². The van der Waals surface area contributed by atoms with Gasteiger partial charge in [-0.15, -0.1) is 0 Å². The molecule has 1 heterocycles. The molecule has 0 aliphatic heterocycles. The van der Waals surface area contributed by atoms with E-state index in [1.165, 1.54) is 36.4 Å². The number of amides is 2. The van der Waals surface area contributed by atoms with E-state index in [4.69, 9.17) is 0 Å². The van der Waals surface area contributed by atoms with Crippen molar-refractivity contribution in [3.63, 3.8) is 0 Å². The zero-order valence-corrected chi connectivity index (χ0v) is 15.0. The Morgan fingerprint density at radius 2 is 1.34 bits per heavy atom. The molecule has 0 saturated carbocycles. The summed E-state index contributed by atoms with van der Waals surface area (Å²) in [4.78, 5) is 28.3. The predicted molar refractivity (Wildman–Crippen MR) is 101 cm³/mol. The minimum absolute atomic E-state index is 0.238. The highest BCUT2D eigenvalue weighted by Crippen LogP contribution is 2.29. The predicted octanol–water partition coefficient (Wildman–Crippen LogP) is 4.28. The van der Waals surface area contributed by atoms with Crippen LogP contribution in [0.1, 0.15) is 31.8 Å². The zero-order valence-electron chi connectivity index (χ0n) is 15.0. The summed E-state index contributed by atoms with van der Waals surface area (Å²) in [5, 5.41) is 5.28. The Kier molecular flexibility index (Phi) is 5.92. The van der Waals surface area contributed by atoms with E-state index in [0.29, 0.717) is 12.1 Å². The molecule has 2 N–H and O–H groups in total. The molecule has 0 fully saturated rings. The van der Waals surface area contributed by atoms with E-state index in [1.54, 1.807) is 24.5 Å². The molecule has 0 aliphatic carbocycles. The van der Waals surface area contributed by atoms with Crippen LogP contribution in [-0.2, 0) is 12.7 Å². The lowest BCUT2D eigenvalue weighted by Crippen LogP contribution is -2.23. The van der Waals surface area contributed by atoms with Crippen LogP contribution >= 0.6 is 0 Å². The van der Waals surface area contributed by atoms with Crippen molar-refractivity contribution in [2.75, 3.05) is 5.32 Å². The molecule has 0 unspecified atom stereocenters. The topological polar surface area (TPSA) is 71.1 Å². The second kappa shape index (κ2) is 8.55. The van der Waals surface area contributed by atoms with Crippen molar-refractivity contribution in [2.24, 2.45) is 0 Å². The summed E-state index contributed by atoms with van der Waals surface area (Å²) < 4.78 is 37.7.